The number of hydrogen-bond acceptors (Lipinski definition) is 1. The third-order valence-electron chi connectivity index (χ3n) is 3.13. The Kier molecular flexibility index (Phi) is 2.52. The van der Waals surface area contributed by atoms with E-state index >= 15 is 0 Å². The second-order valence-corrected chi connectivity index (χ2v) is 5.13. The van der Waals surface area contributed by atoms with Gasteiger partial charge in [-0.3, -0.25) is 4.99 Å². The molecule has 0 amide bonds. The smallest absolute Gasteiger partial charge is 0.0750 e. The SMILES string of the molecule is BrC1=CCC(C2=Cc3ccccc3C2)N=C1. The summed E-state index contributed by atoms with van der Waals surface area (Å²) in [4.78, 5) is 4.57. The third-order valence-corrected chi connectivity index (χ3v) is 3.66. The number of halogens is 1. The number of benzene rings is 1. The second kappa shape index (κ2) is 4.02. The number of aliphatic imine (C=N–C) groups is 1. The molecular formula is C14H12BrN. The van der Waals surface area contributed by atoms with Gasteiger partial charge in [-0.2, -0.15) is 0 Å². The Morgan fingerprint density at radius 1 is 1.25 bits per heavy atom. The van der Waals surface area contributed by atoms with Crippen molar-refractivity contribution in [2.45, 2.75) is 18.9 Å². The fraction of sp³-hybridized carbons (Fsp3) is 0.214. The van der Waals surface area contributed by atoms with Crippen LogP contribution in [-0.4, -0.2) is 12.3 Å². The van der Waals surface area contributed by atoms with Crippen LogP contribution in [0.15, 0.2) is 45.4 Å². The first-order valence-corrected chi connectivity index (χ1v) is 6.29. The lowest BCUT2D eigenvalue weighted by molar-refractivity contribution is 0.769. The van der Waals surface area contributed by atoms with Crippen molar-refractivity contribution in [2.24, 2.45) is 4.99 Å². The molecule has 1 heterocycles. The van der Waals surface area contributed by atoms with Crippen molar-refractivity contribution < 1.29 is 0 Å². The van der Waals surface area contributed by atoms with Crippen molar-refractivity contribution in [2.75, 3.05) is 0 Å². The van der Waals surface area contributed by atoms with E-state index in [1.807, 2.05) is 6.21 Å². The average molecular weight is 274 g/mol. The molecule has 1 unspecified atom stereocenters. The first-order valence-electron chi connectivity index (χ1n) is 5.50. The van der Waals surface area contributed by atoms with Crippen LogP contribution in [0, 0.1) is 0 Å². The Balaban J connectivity index is 1.84. The predicted molar refractivity (Wildman–Crippen MR) is 72.0 cm³/mol. The number of dihydropyridines is 1. The maximum atomic E-state index is 4.57. The van der Waals surface area contributed by atoms with Gasteiger partial charge >= 0.3 is 0 Å². The van der Waals surface area contributed by atoms with Crippen molar-refractivity contribution in [3.05, 3.63) is 51.5 Å². The molecule has 2 heteroatoms. The molecule has 0 N–H and O–H groups in total. The summed E-state index contributed by atoms with van der Waals surface area (Å²) in [5, 5.41) is 0. The number of fused-ring (bicyclic) bond motifs is 1. The molecule has 0 aromatic heterocycles. The van der Waals surface area contributed by atoms with Crippen molar-refractivity contribution in [3.8, 4) is 0 Å². The molecule has 3 rings (SSSR count). The van der Waals surface area contributed by atoms with Crippen LogP contribution < -0.4 is 0 Å². The molecule has 0 bridgehead atoms. The van der Waals surface area contributed by atoms with Gasteiger partial charge in [0.15, 0.2) is 0 Å². The fourth-order valence-electron chi connectivity index (χ4n) is 2.27. The summed E-state index contributed by atoms with van der Waals surface area (Å²) >= 11 is 3.44. The molecule has 0 fully saturated rings. The van der Waals surface area contributed by atoms with Gasteiger partial charge < -0.3 is 0 Å². The van der Waals surface area contributed by atoms with E-state index in [2.05, 4.69) is 57.3 Å². The average Bonchev–Trinajstić information content (AvgIpc) is 2.73. The van der Waals surface area contributed by atoms with E-state index in [0.29, 0.717) is 6.04 Å². The minimum Gasteiger partial charge on any atom is -0.284 e. The highest BCUT2D eigenvalue weighted by atomic mass is 79.9. The minimum absolute atomic E-state index is 0.341. The lowest BCUT2D eigenvalue weighted by Crippen LogP contribution is -2.10. The number of nitrogens with zero attached hydrogens (tertiary/aromatic N) is 1. The summed E-state index contributed by atoms with van der Waals surface area (Å²) in [6.45, 7) is 0. The van der Waals surface area contributed by atoms with E-state index in [-0.39, 0.29) is 0 Å². The molecule has 16 heavy (non-hydrogen) atoms. The second-order valence-electron chi connectivity index (χ2n) is 4.21. The summed E-state index contributed by atoms with van der Waals surface area (Å²) in [6.07, 6.45) is 8.48. The predicted octanol–water partition coefficient (Wildman–Crippen LogP) is 3.75. The zero-order chi connectivity index (χ0) is 11.0. The Bertz CT molecular complexity index is 511. The van der Waals surface area contributed by atoms with E-state index in [4.69, 9.17) is 0 Å². The zero-order valence-electron chi connectivity index (χ0n) is 8.86. The highest BCUT2D eigenvalue weighted by molar-refractivity contribution is 9.12. The van der Waals surface area contributed by atoms with Crippen LogP contribution in [0.5, 0.6) is 0 Å². The van der Waals surface area contributed by atoms with Gasteiger partial charge in [0.05, 0.1) is 6.04 Å². The van der Waals surface area contributed by atoms with E-state index < -0.39 is 0 Å². The molecule has 0 radical (unpaired) electrons. The van der Waals surface area contributed by atoms with Gasteiger partial charge in [-0.25, -0.2) is 0 Å². The van der Waals surface area contributed by atoms with Crippen LogP contribution in [0.25, 0.3) is 6.08 Å². The number of allylic oxidation sites excluding steroid dienone is 1. The molecule has 0 saturated carbocycles. The molecule has 0 saturated heterocycles. The van der Waals surface area contributed by atoms with Crippen molar-refractivity contribution in [1.29, 1.82) is 0 Å². The first-order chi connectivity index (χ1) is 7.83. The van der Waals surface area contributed by atoms with Gasteiger partial charge in [0.25, 0.3) is 0 Å². The zero-order valence-corrected chi connectivity index (χ0v) is 10.4. The lowest BCUT2D eigenvalue weighted by atomic mass is 10.0. The Labute approximate surface area is 104 Å². The lowest BCUT2D eigenvalue weighted by Gasteiger charge is -2.14. The Morgan fingerprint density at radius 2 is 2.12 bits per heavy atom. The van der Waals surface area contributed by atoms with Crippen molar-refractivity contribution in [3.63, 3.8) is 0 Å². The van der Waals surface area contributed by atoms with Gasteiger partial charge in [0.2, 0.25) is 0 Å². The van der Waals surface area contributed by atoms with E-state index in [0.717, 1.165) is 17.3 Å². The molecule has 1 aliphatic heterocycles. The Morgan fingerprint density at radius 3 is 2.88 bits per heavy atom. The van der Waals surface area contributed by atoms with Crippen LogP contribution in [0.1, 0.15) is 17.5 Å². The van der Waals surface area contributed by atoms with Crippen LogP contribution in [0.2, 0.25) is 0 Å². The highest BCUT2D eigenvalue weighted by Gasteiger charge is 2.20. The monoisotopic (exact) mass is 273 g/mol. The summed E-state index contributed by atoms with van der Waals surface area (Å²) in [6, 6.07) is 8.93. The standard InChI is InChI=1S/C14H12BrN/c15-13-5-6-14(16-9-13)12-7-10-3-1-2-4-11(10)8-12/h1-5,7,9,14H,6,8H2. The van der Waals surface area contributed by atoms with Gasteiger partial charge in [-0.05, 0) is 45.5 Å². The maximum Gasteiger partial charge on any atom is 0.0750 e. The number of hydrogen-bond donors (Lipinski definition) is 0. The molecule has 2 aliphatic rings. The molecule has 80 valence electrons. The highest BCUT2D eigenvalue weighted by Crippen LogP contribution is 2.30. The van der Waals surface area contributed by atoms with E-state index in [1.165, 1.54) is 16.7 Å². The molecule has 1 aromatic carbocycles. The van der Waals surface area contributed by atoms with Gasteiger partial charge in [-0.15, -0.1) is 0 Å². The largest absolute Gasteiger partial charge is 0.284 e. The maximum absolute atomic E-state index is 4.57. The van der Waals surface area contributed by atoms with Crippen LogP contribution >= 0.6 is 15.9 Å². The number of rotatable bonds is 1. The molecule has 1 aromatic rings. The van der Waals surface area contributed by atoms with Gasteiger partial charge in [0, 0.05) is 10.7 Å². The molecule has 1 aliphatic carbocycles. The molecule has 1 nitrogen and oxygen atoms in total. The van der Waals surface area contributed by atoms with Crippen LogP contribution in [0.3, 0.4) is 0 Å². The normalized spacial score (nSPS) is 22.7. The topological polar surface area (TPSA) is 12.4 Å². The summed E-state index contributed by atoms with van der Waals surface area (Å²) in [5.41, 5.74) is 4.23. The quantitative estimate of drug-likeness (QED) is 0.739. The molecule has 1 atom stereocenters. The molecule has 0 spiro atoms. The van der Waals surface area contributed by atoms with E-state index in [1.54, 1.807) is 0 Å². The summed E-state index contributed by atoms with van der Waals surface area (Å²) < 4.78 is 1.10. The van der Waals surface area contributed by atoms with Crippen molar-refractivity contribution >= 4 is 28.2 Å². The van der Waals surface area contributed by atoms with Crippen LogP contribution in [0.4, 0.5) is 0 Å². The Hall–Kier alpha value is -1.15. The minimum atomic E-state index is 0.341. The summed E-state index contributed by atoms with van der Waals surface area (Å²) in [5.74, 6) is 0. The van der Waals surface area contributed by atoms with Gasteiger partial charge in [-0.1, -0.05) is 36.4 Å². The van der Waals surface area contributed by atoms with E-state index in [9.17, 15) is 0 Å². The van der Waals surface area contributed by atoms with Crippen molar-refractivity contribution in [1.82, 2.24) is 0 Å². The van der Waals surface area contributed by atoms with Gasteiger partial charge in [0.1, 0.15) is 0 Å². The first kappa shape index (κ1) is 10.0. The fourth-order valence-corrected chi connectivity index (χ4v) is 2.57. The third kappa shape index (κ3) is 1.78. The molecular weight excluding hydrogens is 262 g/mol. The summed E-state index contributed by atoms with van der Waals surface area (Å²) in [7, 11) is 0. The van der Waals surface area contributed by atoms with Crippen LogP contribution in [-0.2, 0) is 6.42 Å².